The summed E-state index contributed by atoms with van der Waals surface area (Å²) in [4.78, 5) is 2.44. The average Bonchev–Trinajstić information content (AvgIpc) is 2.71. The Kier molecular flexibility index (Phi) is 5.86. The molecule has 0 radical (unpaired) electrons. The molecular weight excluding hydrogens is 308 g/mol. The largest absolute Gasteiger partial charge is 0.380 e. The highest BCUT2D eigenvalue weighted by Gasteiger charge is 2.35. The molecule has 2 aromatic rings. The first-order chi connectivity index (χ1) is 12.3. The van der Waals surface area contributed by atoms with Crippen molar-refractivity contribution in [1.29, 1.82) is 5.26 Å². The highest BCUT2D eigenvalue weighted by Crippen LogP contribution is 2.35. The lowest BCUT2D eigenvalue weighted by atomic mass is 9.73. The number of hydrogen-bond acceptors (Lipinski definition) is 3. The molecule has 0 amide bonds. The van der Waals surface area contributed by atoms with Gasteiger partial charge in [-0.15, -0.1) is 0 Å². The van der Waals surface area contributed by atoms with Crippen molar-refractivity contribution in [2.24, 2.45) is 0 Å². The third kappa shape index (κ3) is 3.92. The standard InChI is InChI=1S/C22H26N2O/c1-25-21-13-8-15-24(17-21)16-14-22(18-23,19-9-4-2-5-10-19)20-11-6-3-7-12-20/h2-7,9-12,21H,8,13-17H2,1H3. The molecule has 3 heteroatoms. The van der Waals surface area contributed by atoms with Gasteiger partial charge in [-0.25, -0.2) is 0 Å². The summed E-state index contributed by atoms with van der Waals surface area (Å²) in [5.41, 5.74) is 1.54. The van der Waals surface area contributed by atoms with E-state index in [-0.39, 0.29) is 0 Å². The fourth-order valence-electron chi connectivity index (χ4n) is 3.82. The van der Waals surface area contributed by atoms with E-state index in [0.29, 0.717) is 6.10 Å². The van der Waals surface area contributed by atoms with E-state index in [4.69, 9.17) is 4.74 Å². The molecule has 1 fully saturated rings. The molecule has 3 nitrogen and oxygen atoms in total. The molecule has 2 aromatic carbocycles. The number of rotatable bonds is 6. The van der Waals surface area contributed by atoms with Crippen LogP contribution in [0.3, 0.4) is 0 Å². The quantitative estimate of drug-likeness (QED) is 0.801. The van der Waals surface area contributed by atoms with Gasteiger partial charge in [-0.05, 0) is 36.9 Å². The third-order valence-electron chi connectivity index (χ3n) is 5.32. The van der Waals surface area contributed by atoms with Crippen LogP contribution in [0, 0.1) is 11.3 Å². The van der Waals surface area contributed by atoms with E-state index in [9.17, 15) is 5.26 Å². The smallest absolute Gasteiger partial charge is 0.108 e. The van der Waals surface area contributed by atoms with E-state index < -0.39 is 5.41 Å². The molecule has 1 heterocycles. The molecule has 0 spiro atoms. The van der Waals surface area contributed by atoms with Gasteiger partial charge >= 0.3 is 0 Å². The first-order valence-corrected chi connectivity index (χ1v) is 9.06. The zero-order valence-corrected chi connectivity index (χ0v) is 14.9. The van der Waals surface area contributed by atoms with Crippen molar-refractivity contribution in [2.75, 3.05) is 26.7 Å². The Labute approximate surface area is 150 Å². The normalized spacial score (nSPS) is 18.6. The molecule has 0 saturated carbocycles. The lowest BCUT2D eigenvalue weighted by Crippen LogP contribution is -2.42. The number of nitrogens with zero attached hydrogens (tertiary/aromatic N) is 2. The lowest BCUT2D eigenvalue weighted by Gasteiger charge is -2.35. The molecule has 1 unspecified atom stereocenters. The second-order valence-electron chi connectivity index (χ2n) is 6.80. The predicted octanol–water partition coefficient (Wildman–Crippen LogP) is 4.00. The Morgan fingerprint density at radius 2 is 1.68 bits per heavy atom. The van der Waals surface area contributed by atoms with Crippen LogP contribution >= 0.6 is 0 Å². The number of hydrogen-bond donors (Lipinski definition) is 0. The van der Waals surface area contributed by atoms with Gasteiger partial charge in [-0.2, -0.15) is 5.26 Å². The first-order valence-electron chi connectivity index (χ1n) is 9.06. The van der Waals surface area contributed by atoms with Crippen molar-refractivity contribution < 1.29 is 4.74 Å². The van der Waals surface area contributed by atoms with Crippen molar-refractivity contribution >= 4 is 0 Å². The number of ether oxygens (including phenoxy) is 1. The number of piperidine rings is 1. The SMILES string of the molecule is COC1CCCN(CCC(C#N)(c2ccccc2)c2ccccc2)C1. The van der Waals surface area contributed by atoms with Gasteiger partial charge < -0.3 is 9.64 Å². The van der Waals surface area contributed by atoms with E-state index >= 15 is 0 Å². The Balaban J connectivity index is 1.86. The van der Waals surface area contributed by atoms with Gasteiger partial charge in [0.25, 0.3) is 0 Å². The van der Waals surface area contributed by atoms with Crippen molar-refractivity contribution in [3.8, 4) is 6.07 Å². The summed E-state index contributed by atoms with van der Waals surface area (Å²) in [5, 5.41) is 10.2. The molecule has 1 saturated heterocycles. The fourth-order valence-corrected chi connectivity index (χ4v) is 3.82. The van der Waals surface area contributed by atoms with Gasteiger partial charge in [0.2, 0.25) is 0 Å². The van der Waals surface area contributed by atoms with Crippen molar-refractivity contribution in [3.05, 3.63) is 71.8 Å². The zero-order chi connectivity index (χ0) is 17.5. The molecule has 1 aliphatic heterocycles. The molecule has 0 aromatic heterocycles. The van der Waals surface area contributed by atoms with Crippen LogP contribution in [-0.2, 0) is 10.2 Å². The summed E-state index contributed by atoms with van der Waals surface area (Å²) in [6, 6.07) is 23.0. The maximum atomic E-state index is 10.2. The molecule has 25 heavy (non-hydrogen) atoms. The first kappa shape index (κ1) is 17.7. The molecule has 0 N–H and O–H groups in total. The van der Waals surface area contributed by atoms with Crippen LogP contribution in [0.25, 0.3) is 0 Å². The number of benzene rings is 2. The molecule has 130 valence electrons. The Morgan fingerprint density at radius 1 is 1.08 bits per heavy atom. The van der Waals surface area contributed by atoms with Gasteiger partial charge in [0.05, 0.1) is 12.2 Å². The zero-order valence-electron chi connectivity index (χ0n) is 14.9. The van der Waals surface area contributed by atoms with E-state index in [1.165, 1.54) is 0 Å². The van der Waals surface area contributed by atoms with Gasteiger partial charge in [0.15, 0.2) is 0 Å². The summed E-state index contributed by atoms with van der Waals surface area (Å²) in [5.74, 6) is 0. The van der Waals surface area contributed by atoms with Crippen LogP contribution in [-0.4, -0.2) is 37.7 Å². The van der Waals surface area contributed by atoms with E-state index in [1.807, 2.05) is 36.4 Å². The average molecular weight is 334 g/mol. The fraction of sp³-hybridized carbons (Fsp3) is 0.409. The van der Waals surface area contributed by atoms with Crippen LogP contribution < -0.4 is 0 Å². The maximum Gasteiger partial charge on any atom is 0.108 e. The van der Waals surface area contributed by atoms with E-state index in [2.05, 4.69) is 35.2 Å². The minimum Gasteiger partial charge on any atom is -0.380 e. The minimum atomic E-state index is -0.609. The van der Waals surface area contributed by atoms with Crippen molar-refractivity contribution in [3.63, 3.8) is 0 Å². The van der Waals surface area contributed by atoms with Gasteiger partial charge in [0.1, 0.15) is 5.41 Å². The van der Waals surface area contributed by atoms with Crippen LogP contribution in [0.15, 0.2) is 60.7 Å². The maximum absolute atomic E-state index is 10.2. The number of likely N-dealkylation sites (tertiary alicyclic amines) is 1. The molecule has 0 bridgehead atoms. The van der Waals surface area contributed by atoms with Gasteiger partial charge in [0, 0.05) is 20.2 Å². The van der Waals surface area contributed by atoms with Crippen LogP contribution in [0.5, 0.6) is 0 Å². The summed E-state index contributed by atoms with van der Waals surface area (Å²) < 4.78 is 5.54. The van der Waals surface area contributed by atoms with Gasteiger partial charge in [-0.1, -0.05) is 60.7 Å². The number of nitriles is 1. The molecule has 1 atom stereocenters. The monoisotopic (exact) mass is 334 g/mol. The Morgan fingerprint density at radius 3 is 2.20 bits per heavy atom. The Hall–Kier alpha value is -2.15. The third-order valence-corrected chi connectivity index (χ3v) is 5.32. The Bertz CT molecular complexity index is 653. The predicted molar refractivity (Wildman–Crippen MR) is 100 cm³/mol. The van der Waals surface area contributed by atoms with Crippen molar-refractivity contribution in [2.45, 2.75) is 30.8 Å². The number of methoxy groups -OCH3 is 1. The van der Waals surface area contributed by atoms with E-state index in [1.54, 1.807) is 7.11 Å². The summed E-state index contributed by atoms with van der Waals surface area (Å²) in [6.45, 7) is 2.95. The second-order valence-corrected chi connectivity index (χ2v) is 6.80. The minimum absolute atomic E-state index is 0.318. The van der Waals surface area contributed by atoms with Crippen LogP contribution in [0.4, 0.5) is 0 Å². The van der Waals surface area contributed by atoms with Crippen molar-refractivity contribution in [1.82, 2.24) is 4.90 Å². The topological polar surface area (TPSA) is 36.3 Å². The summed E-state index contributed by atoms with van der Waals surface area (Å²) >= 11 is 0. The molecule has 1 aliphatic rings. The molecule has 3 rings (SSSR count). The lowest BCUT2D eigenvalue weighted by molar-refractivity contribution is 0.0301. The van der Waals surface area contributed by atoms with E-state index in [0.717, 1.165) is 50.0 Å². The van der Waals surface area contributed by atoms with Crippen LogP contribution in [0.2, 0.25) is 0 Å². The molecular formula is C22H26N2O. The molecule has 0 aliphatic carbocycles. The summed E-state index contributed by atoms with van der Waals surface area (Å²) in [6.07, 6.45) is 3.40. The highest BCUT2D eigenvalue weighted by molar-refractivity contribution is 5.45. The van der Waals surface area contributed by atoms with Gasteiger partial charge in [-0.3, -0.25) is 0 Å². The van der Waals surface area contributed by atoms with Crippen LogP contribution in [0.1, 0.15) is 30.4 Å². The second kappa shape index (κ2) is 8.29. The summed E-state index contributed by atoms with van der Waals surface area (Å²) in [7, 11) is 1.79. The highest BCUT2D eigenvalue weighted by atomic mass is 16.5.